The molecule has 0 unspecified atom stereocenters. The lowest BCUT2D eigenvalue weighted by atomic mass is 9.95. The molecule has 1 saturated carbocycles. The Labute approximate surface area is 192 Å². The standard InChI is InChI=1S/C23H28BrFN2O3S/c1-15-11-16(2)23(17(3)12-15)31(29,30)27(19-7-5-4-6-8-19)14-22(28)26-21-10-9-18(24)13-20(21)25/h9-13,19H,4-8,14H2,1-3H3,(H,26,28). The summed E-state index contributed by atoms with van der Waals surface area (Å²) in [5, 5.41) is 2.53. The molecule has 5 nitrogen and oxygen atoms in total. The highest BCUT2D eigenvalue weighted by Crippen LogP contribution is 2.31. The van der Waals surface area contributed by atoms with E-state index in [-0.39, 0.29) is 23.2 Å². The van der Waals surface area contributed by atoms with Gasteiger partial charge in [0.25, 0.3) is 0 Å². The van der Waals surface area contributed by atoms with E-state index in [0.717, 1.165) is 24.8 Å². The van der Waals surface area contributed by atoms with Crippen molar-refractivity contribution in [1.82, 2.24) is 4.31 Å². The average molecular weight is 511 g/mol. The van der Waals surface area contributed by atoms with Gasteiger partial charge in [0.15, 0.2) is 0 Å². The van der Waals surface area contributed by atoms with Crippen LogP contribution in [-0.2, 0) is 14.8 Å². The van der Waals surface area contributed by atoms with E-state index in [1.54, 1.807) is 19.9 Å². The molecule has 3 rings (SSSR count). The number of anilines is 1. The summed E-state index contributed by atoms with van der Waals surface area (Å²) in [6.07, 6.45) is 4.33. The first kappa shape index (κ1) is 23.9. The van der Waals surface area contributed by atoms with Gasteiger partial charge in [0.1, 0.15) is 5.82 Å². The fraction of sp³-hybridized carbons (Fsp3) is 0.435. The Morgan fingerprint density at radius 3 is 2.29 bits per heavy atom. The number of hydrogen-bond donors (Lipinski definition) is 1. The van der Waals surface area contributed by atoms with Crippen molar-refractivity contribution in [2.45, 2.75) is 63.8 Å². The minimum absolute atomic E-state index is 0.0249. The van der Waals surface area contributed by atoms with Crippen LogP contribution in [0.1, 0.15) is 48.8 Å². The van der Waals surface area contributed by atoms with E-state index in [1.807, 2.05) is 19.1 Å². The van der Waals surface area contributed by atoms with E-state index >= 15 is 0 Å². The number of halogens is 2. The molecule has 0 spiro atoms. The number of sulfonamides is 1. The van der Waals surface area contributed by atoms with E-state index in [1.165, 1.54) is 16.4 Å². The van der Waals surface area contributed by atoms with E-state index in [0.29, 0.717) is 28.4 Å². The predicted molar refractivity (Wildman–Crippen MR) is 124 cm³/mol. The third kappa shape index (κ3) is 5.54. The van der Waals surface area contributed by atoms with Crippen molar-refractivity contribution in [3.8, 4) is 0 Å². The number of aryl methyl sites for hydroxylation is 3. The molecule has 168 valence electrons. The molecule has 0 bridgehead atoms. The van der Waals surface area contributed by atoms with Crippen LogP contribution in [0.2, 0.25) is 0 Å². The number of nitrogens with zero attached hydrogens (tertiary/aromatic N) is 1. The Hall–Kier alpha value is -1.77. The minimum atomic E-state index is -3.91. The smallest absolute Gasteiger partial charge is 0.244 e. The van der Waals surface area contributed by atoms with Crippen molar-refractivity contribution < 1.29 is 17.6 Å². The quantitative estimate of drug-likeness (QED) is 0.559. The van der Waals surface area contributed by atoms with Crippen molar-refractivity contribution >= 4 is 37.5 Å². The van der Waals surface area contributed by atoms with Crippen LogP contribution in [0, 0.1) is 26.6 Å². The van der Waals surface area contributed by atoms with Crippen LogP contribution in [0.3, 0.4) is 0 Å². The summed E-state index contributed by atoms with van der Waals surface area (Å²) in [6, 6.07) is 7.76. The number of nitrogens with one attached hydrogen (secondary N) is 1. The van der Waals surface area contributed by atoms with Gasteiger partial charge in [0.2, 0.25) is 15.9 Å². The largest absolute Gasteiger partial charge is 0.322 e. The molecule has 1 aliphatic rings. The van der Waals surface area contributed by atoms with Gasteiger partial charge in [-0.1, -0.05) is 52.9 Å². The molecule has 2 aromatic carbocycles. The van der Waals surface area contributed by atoms with Crippen LogP contribution in [0.4, 0.5) is 10.1 Å². The third-order valence-corrected chi connectivity index (χ3v) is 8.36. The molecular weight excluding hydrogens is 483 g/mol. The van der Waals surface area contributed by atoms with Crippen molar-refractivity contribution in [1.29, 1.82) is 0 Å². The second-order valence-corrected chi connectivity index (χ2v) is 11.0. The zero-order valence-corrected chi connectivity index (χ0v) is 20.4. The molecule has 0 aliphatic heterocycles. The van der Waals surface area contributed by atoms with Crippen LogP contribution >= 0.6 is 15.9 Å². The number of carbonyl (C=O) groups excluding carboxylic acids is 1. The maximum Gasteiger partial charge on any atom is 0.244 e. The highest BCUT2D eigenvalue weighted by atomic mass is 79.9. The van der Waals surface area contributed by atoms with Gasteiger partial charge < -0.3 is 5.32 Å². The van der Waals surface area contributed by atoms with Gasteiger partial charge >= 0.3 is 0 Å². The lowest BCUT2D eigenvalue weighted by Crippen LogP contribution is -2.46. The second-order valence-electron chi connectivity index (χ2n) is 8.24. The number of rotatable bonds is 6. The lowest BCUT2D eigenvalue weighted by molar-refractivity contribution is -0.116. The normalized spacial score (nSPS) is 15.3. The zero-order valence-electron chi connectivity index (χ0n) is 18.0. The molecule has 1 aliphatic carbocycles. The number of benzene rings is 2. The Balaban J connectivity index is 1.94. The molecule has 0 heterocycles. The van der Waals surface area contributed by atoms with Crippen LogP contribution in [0.15, 0.2) is 39.7 Å². The van der Waals surface area contributed by atoms with Gasteiger partial charge in [0, 0.05) is 10.5 Å². The fourth-order valence-corrected chi connectivity index (χ4v) is 6.78. The first-order valence-corrected chi connectivity index (χ1v) is 12.7. The Bertz CT molecular complexity index is 1060. The maximum absolute atomic E-state index is 14.2. The molecule has 0 atom stereocenters. The molecule has 1 amide bonds. The summed E-state index contributed by atoms with van der Waals surface area (Å²) in [7, 11) is -3.91. The summed E-state index contributed by atoms with van der Waals surface area (Å²) in [4.78, 5) is 13.1. The topological polar surface area (TPSA) is 66.5 Å². The zero-order chi connectivity index (χ0) is 22.8. The van der Waals surface area contributed by atoms with Crippen molar-refractivity contribution in [2.75, 3.05) is 11.9 Å². The van der Waals surface area contributed by atoms with Gasteiger partial charge in [-0.05, 0) is 62.9 Å². The van der Waals surface area contributed by atoms with E-state index in [9.17, 15) is 17.6 Å². The van der Waals surface area contributed by atoms with Gasteiger partial charge in [-0.15, -0.1) is 0 Å². The molecule has 0 saturated heterocycles. The van der Waals surface area contributed by atoms with E-state index < -0.39 is 21.7 Å². The van der Waals surface area contributed by atoms with E-state index in [2.05, 4.69) is 21.2 Å². The molecule has 0 radical (unpaired) electrons. The Morgan fingerprint density at radius 2 is 1.71 bits per heavy atom. The number of hydrogen-bond acceptors (Lipinski definition) is 3. The molecular formula is C23H28BrFN2O3S. The molecule has 0 aromatic heterocycles. The second kappa shape index (κ2) is 9.79. The number of carbonyl (C=O) groups is 1. The highest BCUT2D eigenvalue weighted by molar-refractivity contribution is 9.10. The molecule has 8 heteroatoms. The van der Waals surface area contributed by atoms with Crippen molar-refractivity contribution in [2.24, 2.45) is 0 Å². The van der Waals surface area contributed by atoms with Crippen LogP contribution in [0.25, 0.3) is 0 Å². The third-order valence-electron chi connectivity index (χ3n) is 5.66. The van der Waals surface area contributed by atoms with Gasteiger partial charge in [-0.3, -0.25) is 4.79 Å². The first-order chi connectivity index (χ1) is 14.6. The SMILES string of the molecule is Cc1cc(C)c(S(=O)(=O)N(CC(=O)Nc2ccc(Br)cc2F)C2CCCCC2)c(C)c1. The van der Waals surface area contributed by atoms with E-state index in [4.69, 9.17) is 0 Å². The Kier molecular flexibility index (Phi) is 7.55. The molecule has 31 heavy (non-hydrogen) atoms. The van der Waals surface area contributed by atoms with Crippen LogP contribution in [0.5, 0.6) is 0 Å². The van der Waals surface area contributed by atoms with Crippen molar-refractivity contribution in [3.05, 3.63) is 57.3 Å². The first-order valence-electron chi connectivity index (χ1n) is 10.4. The van der Waals surface area contributed by atoms with Crippen molar-refractivity contribution in [3.63, 3.8) is 0 Å². The monoisotopic (exact) mass is 510 g/mol. The summed E-state index contributed by atoms with van der Waals surface area (Å²) in [5.74, 6) is -1.14. The van der Waals surface area contributed by atoms with Gasteiger partial charge in [-0.25, -0.2) is 12.8 Å². The summed E-state index contributed by atoms with van der Waals surface area (Å²) >= 11 is 3.19. The highest BCUT2D eigenvalue weighted by Gasteiger charge is 2.35. The van der Waals surface area contributed by atoms with Crippen LogP contribution in [-0.4, -0.2) is 31.2 Å². The fourth-order valence-electron chi connectivity index (χ4n) is 4.39. The number of amides is 1. The molecule has 1 N–H and O–H groups in total. The van der Waals surface area contributed by atoms with Gasteiger partial charge in [0.05, 0.1) is 17.1 Å². The van der Waals surface area contributed by atoms with Crippen LogP contribution < -0.4 is 5.32 Å². The summed E-state index contributed by atoms with van der Waals surface area (Å²) in [5.41, 5.74) is 2.34. The predicted octanol–water partition coefficient (Wildman–Crippen LogP) is 5.48. The summed E-state index contributed by atoms with van der Waals surface area (Å²) in [6.45, 7) is 5.14. The van der Waals surface area contributed by atoms with Gasteiger partial charge in [-0.2, -0.15) is 4.31 Å². The molecule has 2 aromatic rings. The average Bonchev–Trinajstić information content (AvgIpc) is 2.68. The lowest BCUT2D eigenvalue weighted by Gasteiger charge is -2.33. The minimum Gasteiger partial charge on any atom is -0.322 e. The maximum atomic E-state index is 14.2. The molecule has 1 fully saturated rings. The Morgan fingerprint density at radius 1 is 1.10 bits per heavy atom. The summed E-state index contributed by atoms with van der Waals surface area (Å²) < 4.78 is 43.5.